The second-order valence-electron chi connectivity index (χ2n) is 10.8. The summed E-state index contributed by atoms with van der Waals surface area (Å²) in [6.45, 7) is 1.39. The first-order valence-electron chi connectivity index (χ1n) is 13.6. The van der Waals surface area contributed by atoms with Crippen LogP contribution in [-0.4, -0.2) is 27.4 Å². The van der Waals surface area contributed by atoms with Crippen LogP contribution in [0.15, 0.2) is 72.8 Å². The molecule has 4 aromatic rings. The van der Waals surface area contributed by atoms with E-state index in [9.17, 15) is 0 Å². The maximum atomic E-state index is 5.52. The van der Waals surface area contributed by atoms with Crippen molar-refractivity contribution in [3.63, 3.8) is 0 Å². The summed E-state index contributed by atoms with van der Waals surface area (Å²) in [5.41, 5.74) is 8.82. The molecule has 3 aliphatic carbocycles. The molecule has 0 spiro atoms. The van der Waals surface area contributed by atoms with Crippen LogP contribution in [0.4, 0.5) is 0 Å². The van der Waals surface area contributed by atoms with Crippen molar-refractivity contribution in [1.29, 1.82) is 0 Å². The molecule has 0 atom stereocenters. The third-order valence-electron chi connectivity index (χ3n) is 8.36. The molecule has 0 radical (unpaired) electrons. The normalized spacial score (nSPS) is 16.3. The van der Waals surface area contributed by atoms with Gasteiger partial charge < -0.3 is 9.47 Å². The number of hydrogen-bond donors (Lipinski definition) is 0. The largest absolute Gasteiger partial charge is 0.384 e. The van der Waals surface area contributed by atoms with Crippen molar-refractivity contribution in [2.24, 2.45) is 5.41 Å². The van der Waals surface area contributed by atoms with Gasteiger partial charge in [-0.3, -0.25) is 0 Å². The minimum absolute atomic E-state index is 0.0549. The van der Waals surface area contributed by atoms with E-state index in [2.05, 4.69) is 84.9 Å². The lowest BCUT2D eigenvalue weighted by Gasteiger charge is -2.30. The van der Waals surface area contributed by atoms with Gasteiger partial charge in [-0.05, 0) is 93.1 Å². The number of hydrogen-bond acceptors (Lipinski definition) is 2. The highest BCUT2D eigenvalue weighted by atomic mass is 16.5. The second-order valence-corrected chi connectivity index (χ2v) is 10.8. The van der Waals surface area contributed by atoms with E-state index in [0.717, 1.165) is 12.8 Å². The zero-order valence-corrected chi connectivity index (χ0v) is 22.1. The molecule has 2 heteroatoms. The Morgan fingerprint density at radius 2 is 1.32 bits per heavy atom. The molecule has 0 unspecified atom stereocenters. The monoisotopic (exact) mass is 488 g/mol. The van der Waals surface area contributed by atoms with E-state index in [-0.39, 0.29) is 5.41 Å². The minimum Gasteiger partial charge on any atom is -0.384 e. The molecule has 3 aliphatic rings. The summed E-state index contributed by atoms with van der Waals surface area (Å²) in [6.07, 6.45) is 11.9. The van der Waals surface area contributed by atoms with E-state index in [1.807, 2.05) is 0 Å². The highest BCUT2D eigenvalue weighted by Crippen LogP contribution is 2.35. The molecular formula is C35H36O2. The van der Waals surface area contributed by atoms with Gasteiger partial charge in [0.05, 0.1) is 13.2 Å². The highest BCUT2D eigenvalue weighted by molar-refractivity contribution is 5.88. The fourth-order valence-corrected chi connectivity index (χ4v) is 6.61. The van der Waals surface area contributed by atoms with E-state index in [0.29, 0.717) is 13.2 Å². The lowest BCUT2D eigenvalue weighted by molar-refractivity contribution is 0.0530. The molecule has 0 amide bonds. The van der Waals surface area contributed by atoms with Crippen LogP contribution >= 0.6 is 0 Å². The Morgan fingerprint density at radius 3 is 2.03 bits per heavy atom. The van der Waals surface area contributed by atoms with Crippen molar-refractivity contribution in [1.82, 2.24) is 0 Å². The molecule has 0 bridgehead atoms. The number of rotatable bonds is 4. The summed E-state index contributed by atoms with van der Waals surface area (Å²) >= 11 is 0. The first-order chi connectivity index (χ1) is 18.2. The van der Waals surface area contributed by atoms with Gasteiger partial charge in [0.1, 0.15) is 0 Å². The molecule has 0 heterocycles. The zero-order valence-electron chi connectivity index (χ0n) is 22.1. The van der Waals surface area contributed by atoms with Gasteiger partial charge >= 0.3 is 0 Å². The van der Waals surface area contributed by atoms with Crippen LogP contribution in [0.3, 0.4) is 0 Å². The van der Waals surface area contributed by atoms with Crippen molar-refractivity contribution in [3.05, 3.63) is 105 Å². The van der Waals surface area contributed by atoms with Crippen molar-refractivity contribution in [2.45, 2.75) is 38.5 Å². The van der Waals surface area contributed by atoms with Gasteiger partial charge in [-0.15, -0.1) is 0 Å². The predicted octanol–water partition coefficient (Wildman–Crippen LogP) is 6.22. The fourth-order valence-electron chi connectivity index (χ4n) is 6.61. The summed E-state index contributed by atoms with van der Waals surface area (Å²) in [5.74, 6) is 0. The summed E-state index contributed by atoms with van der Waals surface area (Å²) in [6, 6.07) is 26.6. The van der Waals surface area contributed by atoms with E-state index in [1.165, 1.54) is 69.1 Å². The Labute approximate surface area is 220 Å². The Kier molecular flexibility index (Phi) is 6.71. The maximum Gasteiger partial charge on any atom is 0.0578 e. The standard InChI is InChI=1S/C22H26O2.C13H10/c1-23-14-22(15-24-2)12-11-17-8-9-19-18-6-4-3-5-16(18)7-10-20(19)21(17)13-22;1-3-7-12-10(5-1)9-11-6-2-4-8-13(11)12/h7-11,13H,3-6,12,14-15H2,1-2H3;1-8H,9H2. The highest BCUT2D eigenvalue weighted by Gasteiger charge is 2.29. The first kappa shape index (κ1) is 24.2. The number of ether oxygens (including phenoxy) is 2. The molecule has 2 nitrogen and oxygen atoms in total. The SMILES string of the molecule is COCC1(COC)C=c2c(ccc3c4c(ccc23)CCCC4)=CC1.c1ccc2c(c1)Cc1ccccc1-2. The smallest absolute Gasteiger partial charge is 0.0578 e. The van der Waals surface area contributed by atoms with Crippen molar-refractivity contribution >= 4 is 22.9 Å². The van der Waals surface area contributed by atoms with Gasteiger partial charge in [-0.25, -0.2) is 0 Å². The topological polar surface area (TPSA) is 18.5 Å². The Morgan fingerprint density at radius 1 is 0.676 bits per heavy atom. The van der Waals surface area contributed by atoms with E-state index in [1.54, 1.807) is 25.3 Å². The number of aryl methyl sites for hydroxylation is 2. The van der Waals surface area contributed by atoms with Crippen molar-refractivity contribution in [2.75, 3.05) is 27.4 Å². The number of benzene rings is 4. The Balaban J connectivity index is 0.000000162. The number of methoxy groups -OCH3 is 2. The fraction of sp³-hybridized carbons (Fsp3) is 0.314. The molecule has 4 aromatic carbocycles. The average molecular weight is 489 g/mol. The molecular weight excluding hydrogens is 452 g/mol. The van der Waals surface area contributed by atoms with Crippen LogP contribution in [-0.2, 0) is 28.7 Å². The molecule has 0 saturated carbocycles. The summed E-state index contributed by atoms with van der Waals surface area (Å²) in [7, 11) is 3.56. The zero-order chi connectivity index (χ0) is 25.2. The lowest BCUT2D eigenvalue weighted by Crippen LogP contribution is -2.39. The average Bonchev–Trinajstić information content (AvgIpc) is 3.32. The summed E-state index contributed by atoms with van der Waals surface area (Å²) in [5, 5.41) is 5.55. The molecule has 0 aliphatic heterocycles. The lowest BCUT2D eigenvalue weighted by atomic mass is 9.80. The van der Waals surface area contributed by atoms with Crippen LogP contribution in [0.5, 0.6) is 0 Å². The van der Waals surface area contributed by atoms with Gasteiger partial charge in [-0.1, -0.05) is 84.9 Å². The molecule has 0 N–H and O–H groups in total. The van der Waals surface area contributed by atoms with Crippen molar-refractivity contribution < 1.29 is 9.47 Å². The van der Waals surface area contributed by atoms with Gasteiger partial charge in [0.15, 0.2) is 0 Å². The second kappa shape index (κ2) is 10.3. The first-order valence-corrected chi connectivity index (χ1v) is 13.6. The Hall–Kier alpha value is -3.20. The van der Waals surface area contributed by atoms with Gasteiger partial charge in [0.25, 0.3) is 0 Å². The molecule has 37 heavy (non-hydrogen) atoms. The third kappa shape index (κ3) is 4.54. The number of fused-ring (bicyclic) bond motifs is 8. The van der Waals surface area contributed by atoms with Crippen LogP contribution in [0.25, 0.3) is 34.1 Å². The van der Waals surface area contributed by atoms with E-state index < -0.39 is 0 Å². The van der Waals surface area contributed by atoms with Crippen LogP contribution in [0.2, 0.25) is 0 Å². The van der Waals surface area contributed by atoms with Gasteiger partial charge in [0, 0.05) is 19.6 Å². The minimum atomic E-state index is -0.0549. The van der Waals surface area contributed by atoms with Crippen molar-refractivity contribution in [3.8, 4) is 11.1 Å². The van der Waals surface area contributed by atoms with Crippen LogP contribution < -0.4 is 10.4 Å². The van der Waals surface area contributed by atoms with Crippen LogP contribution in [0.1, 0.15) is 41.5 Å². The molecule has 0 fully saturated rings. The maximum absolute atomic E-state index is 5.52. The summed E-state index contributed by atoms with van der Waals surface area (Å²) in [4.78, 5) is 0. The van der Waals surface area contributed by atoms with E-state index >= 15 is 0 Å². The third-order valence-corrected chi connectivity index (χ3v) is 8.36. The predicted molar refractivity (Wildman–Crippen MR) is 154 cm³/mol. The van der Waals surface area contributed by atoms with Gasteiger partial charge in [0.2, 0.25) is 0 Å². The molecule has 0 aromatic heterocycles. The van der Waals surface area contributed by atoms with Gasteiger partial charge in [-0.2, -0.15) is 0 Å². The molecule has 0 saturated heterocycles. The van der Waals surface area contributed by atoms with Crippen LogP contribution in [0, 0.1) is 5.41 Å². The van der Waals surface area contributed by atoms with E-state index in [4.69, 9.17) is 9.47 Å². The molecule has 7 rings (SSSR count). The Bertz CT molecular complexity index is 1510. The quantitative estimate of drug-likeness (QED) is 0.299. The molecule has 188 valence electrons. The summed E-state index contributed by atoms with van der Waals surface area (Å²) < 4.78 is 11.0.